The molecule has 25 heavy (non-hydrogen) atoms. The highest BCUT2D eigenvalue weighted by atomic mass is 127. The molecule has 2 aromatic rings. The largest absolute Gasteiger partial charge is 0.359 e. The van der Waals surface area contributed by atoms with Gasteiger partial charge in [0.25, 0.3) is 0 Å². The lowest BCUT2D eigenvalue weighted by molar-refractivity contribution is 0.372. The van der Waals surface area contributed by atoms with Crippen molar-refractivity contribution in [2.45, 2.75) is 26.3 Å². The van der Waals surface area contributed by atoms with Gasteiger partial charge in [-0.1, -0.05) is 17.3 Å². The predicted octanol–water partition coefficient (Wildman–Crippen LogP) is 3.38. The third-order valence-electron chi connectivity index (χ3n) is 4.33. The minimum atomic E-state index is -0.181. The number of aliphatic imine (C=N–C) groups is 1. The molecular weight excluding hydrogens is 434 g/mol. The van der Waals surface area contributed by atoms with E-state index in [4.69, 9.17) is 4.52 Å². The fourth-order valence-corrected chi connectivity index (χ4v) is 3.14. The van der Waals surface area contributed by atoms with Gasteiger partial charge in [-0.15, -0.1) is 24.0 Å². The van der Waals surface area contributed by atoms with Crippen LogP contribution >= 0.6 is 24.0 Å². The van der Waals surface area contributed by atoms with Crippen molar-refractivity contribution in [2.24, 2.45) is 10.9 Å². The zero-order valence-electron chi connectivity index (χ0n) is 14.5. The summed E-state index contributed by atoms with van der Waals surface area (Å²) >= 11 is 0. The molecule has 2 heterocycles. The number of aryl methyl sites for hydroxylation is 1. The van der Waals surface area contributed by atoms with Crippen LogP contribution in [-0.4, -0.2) is 36.2 Å². The average molecular weight is 458 g/mol. The van der Waals surface area contributed by atoms with Crippen LogP contribution in [0.2, 0.25) is 0 Å². The highest BCUT2D eigenvalue weighted by Gasteiger charge is 2.25. The van der Waals surface area contributed by atoms with E-state index in [0.717, 1.165) is 43.3 Å². The molecule has 0 saturated carbocycles. The zero-order chi connectivity index (χ0) is 16.9. The summed E-state index contributed by atoms with van der Waals surface area (Å²) in [7, 11) is 1.79. The first-order chi connectivity index (χ1) is 11.6. The van der Waals surface area contributed by atoms with Gasteiger partial charge in [0, 0.05) is 26.2 Å². The molecular formula is C18H24FIN4O. The fraction of sp³-hybridized carbons (Fsp3) is 0.444. The van der Waals surface area contributed by atoms with E-state index in [2.05, 4.69) is 20.4 Å². The second-order valence-electron chi connectivity index (χ2n) is 6.27. The van der Waals surface area contributed by atoms with Gasteiger partial charge in [-0.05, 0) is 43.4 Å². The molecule has 1 aromatic heterocycles. The van der Waals surface area contributed by atoms with Gasteiger partial charge in [0.2, 0.25) is 0 Å². The molecule has 1 saturated heterocycles. The van der Waals surface area contributed by atoms with Crippen LogP contribution in [0.15, 0.2) is 39.8 Å². The number of likely N-dealkylation sites (tertiary alicyclic amines) is 1. The van der Waals surface area contributed by atoms with Gasteiger partial charge in [0.05, 0.1) is 12.2 Å². The summed E-state index contributed by atoms with van der Waals surface area (Å²) in [6.07, 6.45) is 2.08. The van der Waals surface area contributed by atoms with E-state index in [0.29, 0.717) is 12.5 Å². The number of nitrogens with zero attached hydrogens (tertiary/aromatic N) is 3. The lowest BCUT2D eigenvalue weighted by Crippen LogP contribution is -2.39. The summed E-state index contributed by atoms with van der Waals surface area (Å²) in [5.74, 6) is 2.06. The summed E-state index contributed by atoms with van der Waals surface area (Å²) in [4.78, 5) is 6.63. The Hall–Kier alpha value is -1.64. The molecule has 136 valence electrons. The van der Waals surface area contributed by atoms with Gasteiger partial charge in [-0.25, -0.2) is 4.39 Å². The molecule has 1 fully saturated rings. The lowest BCUT2D eigenvalue weighted by atomic mass is 9.99. The van der Waals surface area contributed by atoms with Crippen molar-refractivity contribution in [1.29, 1.82) is 0 Å². The summed E-state index contributed by atoms with van der Waals surface area (Å²) in [6.45, 7) is 4.41. The third-order valence-corrected chi connectivity index (χ3v) is 4.33. The van der Waals surface area contributed by atoms with Gasteiger partial charge in [-0.3, -0.25) is 4.99 Å². The van der Waals surface area contributed by atoms with Gasteiger partial charge in [-0.2, -0.15) is 0 Å². The van der Waals surface area contributed by atoms with Crippen molar-refractivity contribution in [3.8, 4) is 0 Å². The molecule has 3 rings (SSSR count). The Balaban J connectivity index is 0.00000225. The van der Waals surface area contributed by atoms with Crippen molar-refractivity contribution in [2.75, 3.05) is 20.1 Å². The molecule has 0 aliphatic carbocycles. The molecule has 0 radical (unpaired) electrons. The maximum absolute atomic E-state index is 13.0. The molecule has 1 aliphatic heterocycles. The van der Waals surface area contributed by atoms with E-state index in [9.17, 15) is 4.39 Å². The van der Waals surface area contributed by atoms with Crippen LogP contribution in [-0.2, 0) is 13.0 Å². The molecule has 1 aliphatic rings. The molecule has 0 spiro atoms. The number of guanidine groups is 1. The molecule has 5 nitrogen and oxygen atoms in total. The number of hydrogen-bond acceptors (Lipinski definition) is 3. The Labute approximate surface area is 164 Å². The van der Waals surface area contributed by atoms with E-state index in [1.54, 1.807) is 7.05 Å². The normalized spacial score (nSPS) is 17.5. The number of aromatic nitrogens is 1. The average Bonchev–Trinajstić information content (AvgIpc) is 3.20. The highest BCUT2D eigenvalue weighted by Crippen LogP contribution is 2.21. The summed E-state index contributed by atoms with van der Waals surface area (Å²) in [5, 5.41) is 7.21. The first kappa shape index (κ1) is 19.7. The maximum atomic E-state index is 13.0. The van der Waals surface area contributed by atoms with Crippen LogP contribution in [0, 0.1) is 18.7 Å². The molecule has 0 bridgehead atoms. The van der Waals surface area contributed by atoms with Crippen molar-refractivity contribution >= 4 is 29.9 Å². The molecule has 1 unspecified atom stereocenters. The van der Waals surface area contributed by atoms with Gasteiger partial charge >= 0.3 is 0 Å². The summed E-state index contributed by atoms with van der Waals surface area (Å²) < 4.78 is 18.2. The van der Waals surface area contributed by atoms with Crippen LogP contribution in [0.4, 0.5) is 4.39 Å². The van der Waals surface area contributed by atoms with Crippen molar-refractivity contribution in [1.82, 2.24) is 15.4 Å². The van der Waals surface area contributed by atoms with E-state index in [-0.39, 0.29) is 29.8 Å². The zero-order valence-corrected chi connectivity index (χ0v) is 16.9. The van der Waals surface area contributed by atoms with E-state index in [1.165, 1.54) is 17.7 Å². The predicted molar refractivity (Wildman–Crippen MR) is 107 cm³/mol. The molecule has 1 atom stereocenters. The lowest BCUT2D eigenvalue weighted by Gasteiger charge is -2.21. The SMILES string of the molecule is CN=C(NCc1cc(C)no1)N1CCC(Cc2ccc(F)cc2)C1.I. The number of rotatable bonds is 4. The fourth-order valence-electron chi connectivity index (χ4n) is 3.14. The van der Waals surface area contributed by atoms with Crippen LogP contribution in [0.3, 0.4) is 0 Å². The number of benzene rings is 1. The summed E-state index contributed by atoms with van der Waals surface area (Å²) in [6, 6.07) is 8.72. The quantitative estimate of drug-likeness (QED) is 0.434. The Kier molecular flexibility index (Phi) is 7.22. The Morgan fingerprint density at radius 2 is 2.16 bits per heavy atom. The topological polar surface area (TPSA) is 53.7 Å². The monoisotopic (exact) mass is 458 g/mol. The standard InChI is InChI=1S/C18H23FN4O.HI/c1-13-9-17(24-22-13)11-21-18(20-2)23-8-7-15(12-23)10-14-3-5-16(19)6-4-14;/h3-6,9,15H,7-8,10-12H2,1-2H3,(H,20,21);1H. The number of nitrogens with one attached hydrogen (secondary N) is 1. The number of halogens is 2. The minimum absolute atomic E-state index is 0. The highest BCUT2D eigenvalue weighted by molar-refractivity contribution is 14.0. The third kappa shape index (κ3) is 5.42. The van der Waals surface area contributed by atoms with E-state index < -0.39 is 0 Å². The second-order valence-corrected chi connectivity index (χ2v) is 6.27. The van der Waals surface area contributed by atoms with Crippen LogP contribution < -0.4 is 5.32 Å². The molecule has 1 aromatic carbocycles. The van der Waals surface area contributed by atoms with Gasteiger partial charge in [0.1, 0.15) is 5.82 Å². The first-order valence-electron chi connectivity index (χ1n) is 8.26. The summed E-state index contributed by atoms with van der Waals surface area (Å²) in [5.41, 5.74) is 2.06. The molecule has 0 amide bonds. The maximum Gasteiger partial charge on any atom is 0.194 e. The number of hydrogen-bond donors (Lipinski definition) is 1. The molecule has 7 heteroatoms. The van der Waals surface area contributed by atoms with Crippen molar-refractivity contribution in [3.05, 3.63) is 53.2 Å². The second kappa shape index (κ2) is 9.17. The van der Waals surface area contributed by atoms with Gasteiger partial charge in [0.15, 0.2) is 11.7 Å². The van der Waals surface area contributed by atoms with Crippen LogP contribution in [0.1, 0.15) is 23.4 Å². The Morgan fingerprint density at radius 3 is 2.80 bits per heavy atom. The van der Waals surface area contributed by atoms with Crippen molar-refractivity contribution in [3.63, 3.8) is 0 Å². The Bertz CT molecular complexity index is 701. The van der Waals surface area contributed by atoms with E-state index in [1.807, 2.05) is 25.1 Å². The van der Waals surface area contributed by atoms with Crippen LogP contribution in [0.25, 0.3) is 0 Å². The minimum Gasteiger partial charge on any atom is -0.359 e. The van der Waals surface area contributed by atoms with Crippen LogP contribution in [0.5, 0.6) is 0 Å². The first-order valence-corrected chi connectivity index (χ1v) is 8.26. The molecule has 1 N–H and O–H groups in total. The van der Waals surface area contributed by atoms with Crippen molar-refractivity contribution < 1.29 is 8.91 Å². The van der Waals surface area contributed by atoms with Gasteiger partial charge < -0.3 is 14.7 Å². The Morgan fingerprint density at radius 1 is 1.40 bits per heavy atom. The smallest absolute Gasteiger partial charge is 0.194 e. The van der Waals surface area contributed by atoms with E-state index >= 15 is 0 Å².